The number of benzene rings is 1. The Balaban J connectivity index is 1.76. The molecule has 2 N–H and O–H groups in total. The molecule has 1 aliphatic heterocycles. The first-order valence-electron chi connectivity index (χ1n) is 7.46. The van der Waals surface area contributed by atoms with E-state index in [1.807, 2.05) is 25.1 Å². The monoisotopic (exact) mass is 311 g/mol. The minimum absolute atomic E-state index is 0.0238. The molecule has 0 bridgehead atoms. The quantitative estimate of drug-likeness (QED) is 0.668. The van der Waals surface area contributed by atoms with E-state index in [4.69, 9.17) is 0 Å². The van der Waals surface area contributed by atoms with Crippen LogP contribution in [0.3, 0.4) is 0 Å². The van der Waals surface area contributed by atoms with Crippen molar-refractivity contribution in [2.45, 2.75) is 25.8 Å². The topological polar surface area (TPSA) is 85.1 Å². The average Bonchev–Trinajstić information content (AvgIpc) is 2.54. The van der Waals surface area contributed by atoms with E-state index >= 15 is 0 Å². The third kappa shape index (κ3) is 3.15. The van der Waals surface area contributed by atoms with Gasteiger partial charge in [0.25, 0.3) is 5.69 Å². The van der Waals surface area contributed by atoms with Crippen LogP contribution in [0.25, 0.3) is 0 Å². The molecule has 118 valence electrons. The molecule has 23 heavy (non-hydrogen) atoms. The van der Waals surface area contributed by atoms with Crippen molar-refractivity contribution in [3.05, 3.63) is 64.6 Å². The van der Waals surface area contributed by atoms with E-state index in [0.29, 0.717) is 17.6 Å². The molecule has 6 nitrogen and oxygen atoms in total. The van der Waals surface area contributed by atoms with Gasteiger partial charge in [0.15, 0.2) is 6.20 Å². The molecule has 2 aromatic rings. The van der Waals surface area contributed by atoms with Crippen LogP contribution in [-0.4, -0.2) is 11.8 Å². The Morgan fingerprint density at radius 3 is 2.91 bits per heavy atom. The van der Waals surface area contributed by atoms with Crippen molar-refractivity contribution in [3.63, 3.8) is 0 Å². The number of anilines is 1. The normalized spacial score (nSPS) is 14.6. The molecule has 1 aromatic heterocycles. The second-order valence-corrected chi connectivity index (χ2v) is 5.57. The van der Waals surface area contributed by atoms with E-state index in [1.165, 1.54) is 12.3 Å². The first kappa shape index (κ1) is 15.0. The first-order valence-corrected chi connectivity index (χ1v) is 7.46. The van der Waals surface area contributed by atoms with Gasteiger partial charge in [0.1, 0.15) is 0 Å². The number of pyridine rings is 1. The van der Waals surface area contributed by atoms with Gasteiger partial charge < -0.3 is 15.8 Å². The van der Waals surface area contributed by atoms with E-state index < -0.39 is 5.91 Å². The summed E-state index contributed by atoms with van der Waals surface area (Å²) in [4.78, 5) is 23.6. The van der Waals surface area contributed by atoms with Gasteiger partial charge in [-0.2, -0.15) is 4.73 Å². The number of hydrogen-bond acceptors (Lipinski definition) is 3. The lowest BCUT2D eigenvalue weighted by Gasteiger charge is -2.20. The Labute approximate surface area is 133 Å². The van der Waals surface area contributed by atoms with Gasteiger partial charge >= 0.3 is 5.91 Å². The Bertz CT molecular complexity index is 773. The molecule has 0 aliphatic carbocycles. The number of hydrogen-bond donors (Lipinski definition) is 2. The van der Waals surface area contributed by atoms with Crippen molar-refractivity contribution in [1.82, 2.24) is 5.32 Å². The minimum Gasteiger partial charge on any atom is -0.618 e. The summed E-state index contributed by atoms with van der Waals surface area (Å²) in [5.41, 5.74) is 2.87. The van der Waals surface area contributed by atoms with Crippen LogP contribution in [-0.2, 0) is 11.2 Å². The van der Waals surface area contributed by atoms with Crippen LogP contribution < -0.4 is 15.4 Å². The van der Waals surface area contributed by atoms with Crippen LogP contribution in [0, 0.1) is 5.21 Å². The Kier molecular flexibility index (Phi) is 3.97. The number of nitrogens with one attached hydrogen (secondary N) is 2. The lowest BCUT2D eigenvalue weighted by Crippen LogP contribution is -2.39. The third-order valence-corrected chi connectivity index (χ3v) is 3.93. The highest BCUT2D eigenvalue weighted by Crippen LogP contribution is 2.26. The zero-order valence-corrected chi connectivity index (χ0v) is 12.7. The summed E-state index contributed by atoms with van der Waals surface area (Å²) in [5, 5.41) is 17.3. The lowest BCUT2D eigenvalue weighted by atomic mass is 9.98. The summed E-state index contributed by atoms with van der Waals surface area (Å²) >= 11 is 0. The minimum atomic E-state index is -0.417. The summed E-state index contributed by atoms with van der Waals surface area (Å²) in [5.74, 6) is -0.394. The number of fused-ring (bicyclic) bond motifs is 1. The second kappa shape index (κ2) is 6.08. The number of aromatic nitrogens is 1. The molecule has 0 saturated heterocycles. The van der Waals surface area contributed by atoms with Gasteiger partial charge in [0.2, 0.25) is 5.91 Å². The van der Waals surface area contributed by atoms with Gasteiger partial charge in [-0.1, -0.05) is 12.1 Å². The number of carbonyl (C=O) groups is 2. The largest absolute Gasteiger partial charge is 0.618 e. The summed E-state index contributed by atoms with van der Waals surface area (Å²) in [6.07, 6.45) is 2.45. The van der Waals surface area contributed by atoms with Gasteiger partial charge in [-0.3, -0.25) is 9.59 Å². The highest BCUT2D eigenvalue weighted by molar-refractivity contribution is 5.94. The lowest BCUT2D eigenvalue weighted by molar-refractivity contribution is -0.607. The van der Waals surface area contributed by atoms with E-state index in [2.05, 4.69) is 10.6 Å². The van der Waals surface area contributed by atoms with E-state index in [-0.39, 0.29) is 17.6 Å². The van der Waals surface area contributed by atoms with Crippen LogP contribution in [0.15, 0.2) is 42.6 Å². The molecule has 1 aliphatic rings. The maximum atomic E-state index is 12.2. The molecule has 0 unspecified atom stereocenters. The number of rotatable bonds is 3. The van der Waals surface area contributed by atoms with E-state index in [9.17, 15) is 14.8 Å². The second-order valence-electron chi connectivity index (χ2n) is 5.57. The maximum Gasteiger partial charge on any atom is 0.317 e. The van der Waals surface area contributed by atoms with Crippen molar-refractivity contribution in [3.8, 4) is 0 Å². The van der Waals surface area contributed by atoms with Crippen molar-refractivity contribution < 1.29 is 14.3 Å². The fourth-order valence-electron chi connectivity index (χ4n) is 2.63. The molecular weight excluding hydrogens is 294 g/mol. The summed E-state index contributed by atoms with van der Waals surface area (Å²) in [6, 6.07) is 10.2. The van der Waals surface area contributed by atoms with Crippen molar-refractivity contribution in [1.29, 1.82) is 0 Å². The summed E-state index contributed by atoms with van der Waals surface area (Å²) in [7, 11) is 0. The maximum absolute atomic E-state index is 12.2. The van der Waals surface area contributed by atoms with Crippen LogP contribution >= 0.6 is 0 Å². The molecule has 0 radical (unpaired) electrons. The van der Waals surface area contributed by atoms with Crippen LogP contribution in [0.2, 0.25) is 0 Å². The van der Waals surface area contributed by atoms with E-state index in [1.54, 1.807) is 12.1 Å². The Hall–Kier alpha value is -2.89. The molecule has 3 rings (SSSR count). The number of amides is 2. The molecule has 0 spiro atoms. The molecule has 0 saturated carbocycles. The van der Waals surface area contributed by atoms with Crippen LogP contribution in [0.5, 0.6) is 0 Å². The number of aryl methyl sites for hydroxylation is 1. The predicted octanol–water partition coefficient (Wildman–Crippen LogP) is 1.70. The van der Waals surface area contributed by atoms with Crippen LogP contribution in [0.1, 0.15) is 41.0 Å². The Morgan fingerprint density at radius 1 is 1.30 bits per heavy atom. The smallest absolute Gasteiger partial charge is 0.317 e. The van der Waals surface area contributed by atoms with Crippen molar-refractivity contribution in [2.75, 3.05) is 5.32 Å². The standard InChI is InChI=1S/C17H17N3O3/c1-11(18-17(22)15-4-2-3-9-20(15)23)12-5-7-14-13(10-12)6-8-16(21)19-14/h2-5,7,9-11H,6,8H2,1H3,(H,18,22)(H,19,21)/t11-/m0/s1. The van der Waals surface area contributed by atoms with E-state index in [0.717, 1.165) is 16.8 Å². The Morgan fingerprint density at radius 2 is 2.13 bits per heavy atom. The third-order valence-electron chi connectivity index (χ3n) is 3.93. The van der Waals surface area contributed by atoms with Crippen molar-refractivity contribution >= 4 is 17.5 Å². The fraction of sp³-hybridized carbons (Fsp3) is 0.235. The molecular formula is C17H17N3O3. The molecule has 0 fully saturated rings. The molecule has 2 heterocycles. The van der Waals surface area contributed by atoms with Crippen LogP contribution in [0.4, 0.5) is 5.69 Å². The van der Waals surface area contributed by atoms with Gasteiger partial charge in [0, 0.05) is 24.2 Å². The number of carbonyl (C=O) groups excluding carboxylic acids is 2. The average molecular weight is 311 g/mol. The molecule has 1 aromatic carbocycles. The van der Waals surface area contributed by atoms with Gasteiger partial charge in [0.05, 0.1) is 6.04 Å². The van der Waals surface area contributed by atoms with Crippen molar-refractivity contribution in [2.24, 2.45) is 0 Å². The highest BCUT2D eigenvalue weighted by atomic mass is 16.5. The summed E-state index contributed by atoms with van der Waals surface area (Å²) in [6.45, 7) is 1.86. The zero-order valence-electron chi connectivity index (χ0n) is 12.7. The predicted molar refractivity (Wildman–Crippen MR) is 84.7 cm³/mol. The zero-order chi connectivity index (χ0) is 16.4. The SMILES string of the molecule is C[C@H](NC(=O)c1cccc[n+]1[O-])c1ccc2c(c1)CCC(=O)N2. The first-order chi connectivity index (χ1) is 11.0. The highest BCUT2D eigenvalue weighted by Gasteiger charge is 2.20. The molecule has 2 amide bonds. The van der Waals surface area contributed by atoms with Gasteiger partial charge in [-0.05, 0) is 36.6 Å². The van der Waals surface area contributed by atoms with Gasteiger partial charge in [-0.15, -0.1) is 0 Å². The summed E-state index contributed by atoms with van der Waals surface area (Å²) < 4.78 is 0.546. The van der Waals surface area contributed by atoms with Gasteiger partial charge in [-0.25, -0.2) is 0 Å². The number of nitrogens with zero attached hydrogens (tertiary/aromatic N) is 1. The molecule has 1 atom stereocenters. The molecule has 6 heteroatoms. The fourth-order valence-corrected chi connectivity index (χ4v) is 2.63.